The average molecular weight is 375 g/mol. The SMILES string of the molecule is COc1ccc(C2C=C(c3ccc(Br)cc3)NC(=S)N2)cc1. The van der Waals surface area contributed by atoms with Crippen molar-refractivity contribution < 1.29 is 4.74 Å². The molecule has 2 N–H and O–H groups in total. The molecule has 1 atom stereocenters. The van der Waals surface area contributed by atoms with Crippen molar-refractivity contribution in [1.82, 2.24) is 10.6 Å². The summed E-state index contributed by atoms with van der Waals surface area (Å²) in [5.74, 6) is 0.845. The summed E-state index contributed by atoms with van der Waals surface area (Å²) in [5.41, 5.74) is 3.25. The molecule has 5 heteroatoms. The third-order valence-electron chi connectivity index (χ3n) is 3.50. The first-order chi connectivity index (χ1) is 10.7. The molecule has 3 rings (SSSR count). The third kappa shape index (κ3) is 3.31. The van der Waals surface area contributed by atoms with Gasteiger partial charge in [0.05, 0.1) is 13.2 Å². The minimum atomic E-state index is 0.0401. The Balaban J connectivity index is 1.92. The third-order valence-corrected chi connectivity index (χ3v) is 4.25. The highest BCUT2D eigenvalue weighted by molar-refractivity contribution is 9.10. The molecule has 112 valence electrons. The Bertz CT molecular complexity index is 710. The normalized spacial score (nSPS) is 17.3. The molecule has 0 saturated heterocycles. The predicted molar refractivity (Wildman–Crippen MR) is 96.7 cm³/mol. The van der Waals surface area contributed by atoms with E-state index in [-0.39, 0.29) is 6.04 Å². The Kier molecular flexibility index (Phi) is 4.45. The largest absolute Gasteiger partial charge is 0.497 e. The average Bonchev–Trinajstić information content (AvgIpc) is 2.55. The maximum absolute atomic E-state index is 5.34. The van der Waals surface area contributed by atoms with Gasteiger partial charge >= 0.3 is 0 Å². The van der Waals surface area contributed by atoms with Gasteiger partial charge in [-0.25, -0.2) is 0 Å². The van der Waals surface area contributed by atoms with Gasteiger partial charge in [-0.05, 0) is 53.7 Å². The molecular formula is C17H15BrN2OS. The number of hydrogen-bond acceptors (Lipinski definition) is 2. The van der Waals surface area contributed by atoms with Gasteiger partial charge in [0, 0.05) is 10.2 Å². The van der Waals surface area contributed by atoms with Crippen molar-refractivity contribution in [2.24, 2.45) is 0 Å². The lowest BCUT2D eigenvalue weighted by molar-refractivity contribution is 0.414. The van der Waals surface area contributed by atoms with Crippen LogP contribution in [0.4, 0.5) is 0 Å². The summed E-state index contributed by atoms with van der Waals surface area (Å²) in [7, 11) is 1.67. The van der Waals surface area contributed by atoms with E-state index in [0.717, 1.165) is 27.0 Å². The van der Waals surface area contributed by atoms with E-state index in [1.165, 1.54) is 0 Å². The summed E-state index contributed by atoms with van der Waals surface area (Å²) in [6.45, 7) is 0. The summed E-state index contributed by atoms with van der Waals surface area (Å²) >= 11 is 8.79. The molecule has 2 aromatic rings. The first-order valence-corrected chi connectivity index (χ1v) is 8.05. The van der Waals surface area contributed by atoms with Gasteiger partial charge in [-0.2, -0.15) is 0 Å². The molecule has 1 unspecified atom stereocenters. The van der Waals surface area contributed by atoms with Crippen molar-refractivity contribution in [2.75, 3.05) is 7.11 Å². The van der Waals surface area contributed by atoms with Crippen LogP contribution in [0, 0.1) is 0 Å². The maximum Gasteiger partial charge on any atom is 0.171 e. The number of methoxy groups -OCH3 is 1. The summed E-state index contributed by atoms with van der Waals surface area (Å²) in [4.78, 5) is 0. The highest BCUT2D eigenvalue weighted by atomic mass is 79.9. The first-order valence-electron chi connectivity index (χ1n) is 6.85. The highest BCUT2D eigenvalue weighted by Gasteiger charge is 2.18. The zero-order chi connectivity index (χ0) is 15.5. The van der Waals surface area contributed by atoms with Crippen molar-refractivity contribution in [3.05, 3.63) is 70.2 Å². The number of hydrogen-bond donors (Lipinski definition) is 2. The quantitative estimate of drug-likeness (QED) is 0.795. The van der Waals surface area contributed by atoms with E-state index in [4.69, 9.17) is 17.0 Å². The van der Waals surface area contributed by atoms with E-state index in [0.29, 0.717) is 5.11 Å². The molecule has 1 aliphatic heterocycles. The van der Waals surface area contributed by atoms with Gasteiger partial charge in [0.1, 0.15) is 5.75 Å². The Labute approximate surface area is 143 Å². The van der Waals surface area contributed by atoms with E-state index in [9.17, 15) is 0 Å². The topological polar surface area (TPSA) is 33.3 Å². The monoisotopic (exact) mass is 374 g/mol. The van der Waals surface area contributed by atoms with Crippen LogP contribution < -0.4 is 15.4 Å². The molecule has 0 saturated carbocycles. The molecule has 1 aliphatic rings. The van der Waals surface area contributed by atoms with E-state index >= 15 is 0 Å². The molecular weight excluding hydrogens is 360 g/mol. The van der Waals surface area contributed by atoms with Crippen LogP contribution in [0.15, 0.2) is 59.1 Å². The van der Waals surface area contributed by atoms with Gasteiger partial charge in [-0.15, -0.1) is 0 Å². The number of benzene rings is 2. The molecule has 0 spiro atoms. The van der Waals surface area contributed by atoms with Gasteiger partial charge in [0.2, 0.25) is 0 Å². The van der Waals surface area contributed by atoms with Gasteiger partial charge < -0.3 is 15.4 Å². The molecule has 3 nitrogen and oxygen atoms in total. The standard InChI is InChI=1S/C17H15BrN2OS/c1-21-14-8-4-12(5-9-14)16-10-15(19-17(22)20-16)11-2-6-13(18)7-3-11/h2-10,16H,1H3,(H2,19,20,22). The zero-order valence-corrected chi connectivity index (χ0v) is 14.4. The van der Waals surface area contributed by atoms with E-state index in [1.807, 2.05) is 36.4 Å². The Hall–Kier alpha value is -1.85. The highest BCUT2D eigenvalue weighted by Crippen LogP contribution is 2.25. The number of ether oxygens (including phenoxy) is 1. The number of nitrogens with one attached hydrogen (secondary N) is 2. The van der Waals surface area contributed by atoms with Gasteiger partial charge in [-0.3, -0.25) is 0 Å². The van der Waals surface area contributed by atoms with E-state index in [2.05, 4.69) is 44.8 Å². The fourth-order valence-electron chi connectivity index (χ4n) is 2.34. The number of halogens is 1. The van der Waals surface area contributed by atoms with Crippen LogP contribution in [-0.4, -0.2) is 12.2 Å². The molecule has 1 heterocycles. The number of thiocarbonyl (C=S) groups is 1. The minimum Gasteiger partial charge on any atom is -0.497 e. The van der Waals surface area contributed by atoms with Gasteiger partial charge in [0.25, 0.3) is 0 Å². The van der Waals surface area contributed by atoms with Crippen molar-refractivity contribution in [3.8, 4) is 5.75 Å². The van der Waals surface area contributed by atoms with Crippen LogP contribution in [0.5, 0.6) is 5.75 Å². The fourth-order valence-corrected chi connectivity index (χ4v) is 2.84. The minimum absolute atomic E-state index is 0.0401. The second-order valence-electron chi connectivity index (χ2n) is 4.94. The number of rotatable bonds is 3. The van der Waals surface area contributed by atoms with Crippen LogP contribution in [0.1, 0.15) is 17.2 Å². The summed E-state index contributed by atoms with van der Waals surface area (Å²) < 4.78 is 6.26. The van der Waals surface area contributed by atoms with Crippen LogP contribution in [0.25, 0.3) is 5.70 Å². The molecule has 0 aliphatic carbocycles. The summed E-state index contributed by atoms with van der Waals surface area (Å²) in [6, 6.07) is 16.2. The second-order valence-corrected chi connectivity index (χ2v) is 6.26. The lowest BCUT2D eigenvalue weighted by Crippen LogP contribution is -2.40. The molecule has 0 aromatic heterocycles. The summed E-state index contributed by atoms with van der Waals surface area (Å²) in [5, 5.41) is 7.12. The van der Waals surface area contributed by atoms with E-state index in [1.54, 1.807) is 7.11 Å². The zero-order valence-electron chi connectivity index (χ0n) is 12.0. The first kappa shape index (κ1) is 15.1. The second kappa shape index (κ2) is 6.50. The van der Waals surface area contributed by atoms with Crippen LogP contribution in [0.2, 0.25) is 0 Å². The lowest BCUT2D eigenvalue weighted by atomic mass is 10.0. The van der Waals surface area contributed by atoms with Crippen LogP contribution in [-0.2, 0) is 0 Å². The molecule has 0 fully saturated rings. The van der Waals surface area contributed by atoms with Gasteiger partial charge in [0.15, 0.2) is 5.11 Å². The Morgan fingerprint density at radius 3 is 2.36 bits per heavy atom. The molecule has 22 heavy (non-hydrogen) atoms. The smallest absolute Gasteiger partial charge is 0.171 e. The van der Waals surface area contributed by atoms with Gasteiger partial charge in [-0.1, -0.05) is 40.2 Å². The van der Waals surface area contributed by atoms with Crippen molar-refractivity contribution in [2.45, 2.75) is 6.04 Å². The summed E-state index contributed by atoms with van der Waals surface area (Å²) in [6.07, 6.45) is 2.14. The van der Waals surface area contributed by atoms with Crippen molar-refractivity contribution in [3.63, 3.8) is 0 Å². The fraction of sp³-hybridized carbons (Fsp3) is 0.118. The molecule has 2 aromatic carbocycles. The Morgan fingerprint density at radius 1 is 1.05 bits per heavy atom. The predicted octanol–water partition coefficient (Wildman–Crippen LogP) is 4.02. The van der Waals surface area contributed by atoms with Crippen LogP contribution in [0.3, 0.4) is 0 Å². The van der Waals surface area contributed by atoms with Crippen molar-refractivity contribution in [1.29, 1.82) is 0 Å². The molecule has 0 bridgehead atoms. The Morgan fingerprint density at radius 2 is 1.73 bits per heavy atom. The lowest BCUT2D eigenvalue weighted by Gasteiger charge is -2.26. The molecule has 0 amide bonds. The van der Waals surface area contributed by atoms with Crippen molar-refractivity contribution >= 4 is 39.0 Å². The maximum atomic E-state index is 5.34. The molecule has 0 radical (unpaired) electrons. The van der Waals surface area contributed by atoms with Crippen LogP contribution >= 0.6 is 28.1 Å². The van der Waals surface area contributed by atoms with E-state index < -0.39 is 0 Å².